The number of hydrogen-bond donors (Lipinski definition) is 3. The summed E-state index contributed by atoms with van der Waals surface area (Å²) in [6, 6.07) is 6.18. The lowest BCUT2D eigenvalue weighted by Gasteiger charge is -2.20. The lowest BCUT2D eigenvalue weighted by molar-refractivity contribution is -0.117. The van der Waals surface area contributed by atoms with Crippen LogP contribution in [0.2, 0.25) is 0 Å². The zero-order chi connectivity index (χ0) is 23.5. The number of carbonyl (C=O) groups is 2. The average molecular weight is 467 g/mol. The Bertz CT molecular complexity index is 1090. The van der Waals surface area contributed by atoms with Gasteiger partial charge in [-0.1, -0.05) is 0 Å². The smallest absolute Gasteiger partial charge is 0.242 e. The average Bonchev–Trinajstić information content (AvgIpc) is 3.21. The van der Waals surface area contributed by atoms with Gasteiger partial charge in [0.1, 0.15) is 5.69 Å². The van der Waals surface area contributed by atoms with E-state index in [1.165, 1.54) is 38.1 Å². The fourth-order valence-electron chi connectivity index (χ4n) is 3.41. The normalized spacial score (nSPS) is 14.8. The molecule has 0 saturated carbocycles. The van der Waals surface area contributed by atoms with Crippen LogP contribution < -0.4 is 20.3 Å². The monoisotopic (exact) mass is 466 g/mol. The molecule has 1 aliphatic heterocycles. The van der Waals surface area contributed by atoms with Crippen molar-refractivity contribution < 1.29 is 26.8 Å². The Kier molecular flexibility index (Phi) is 7.09. The Morgan fingerprint density at radius 2 is 1.53 bits per heavy atom. The number of rotatable bonds is 7. The number of amides is 2. The molecule has 0 aromatic heterocycles. The van der Waals surface area contributed by atoms with Crippen molar-refractivity contribution in [3.63, 3.8) is 0 Å². The Morgan fingerprint density at radius 1 is 0.969 bits per heavy atom. The van der Waals surface area contributed by atoms with Crippen LogP contribution in [0.25, 0.3) is 0 Å². The molecule has 1 fully saturated rings. The number of sulfonamides is 1. The van der Waals surface area contributed by atoms with Gasteiger partial charge in [-0.3, -0.25) is 9.59 Å². The Morgan fingerprint density at radius 3 is 2.06 bits per heavy atom. The van der Waals surface area contributed by atoms with Crippen molar-refractivity contribution in [1.29, 1.82) is 0 Å². The van der Waals surface area contributed by atoms with Crippen LogP contribution >= 0.6 is 0 Å². The molecule has 3 rings (SSSR count). The topological polar surface area (TPSA) is 108 Å². The van der Waals surface area contributed by atoms with Gasteiger partial charge in [-0.2, -0.15) is 4.72 Å². The van der Waals surface area contributed by atoms with E-state index in [2.05, 4.69) is 15.4 Å². The SMILES string of the molecule is CC(=O)Nc1ccc(S(=O)(=O)N[C@@H](C)C(=O)Nc2cc(F)c(N3CCCC3)c(F)c2)cc1. The number of halogens is 2. The molecule has 1 saturated heterocycles. The van der Waals surface area contributed by atoms with Gasteiger partial charge < -0.3 is 15.5 Å². The molecule has 2 aromatic rings. The van der Waals surface area contributed by atoms with Gasteiger partial charge in [0, 0.05) is 31.4 Å². The van der Waals surface area contributed by atoms with Crippen molar-refractivity contribution in [2.75, 3.05) is 28.6 Å². The molecule has 0 bridgehead atoms. The highest BCUT2D eigenvalue weighted by molar-refractivity contribution is 7.89. The van der Waals surface area contributed by atoms with Gasteiger partial charge in [0.2, 0.25) is 21.8 Å². The fraction of sp³-hybridized carbons (Fsp3) is 0.333. The zero-order valence-electron chi connectivity index (χ0n) is 17.6. The van der Waals surface area contributed by atoms with Gasteiger partial charge in [-0.15, -0.1) is 0 Å². The molecule has 8 nitrogen and oxygen atoms in total. The van der Waals surface area contributed by atoms with E-state index in [1.54, 1.807) is 4.90 Å². The van der Waals surface area contributed by atoms with Gasteiger partial charge in [0.25, 0.3) is 0 Å². The Labute approximate surface area is 185 Å². The molecule has 0 aliphatic carbocycles. The van der Waals surface area contributed by atoms with Crippen LogP contribution in [0.3, 0.4) is 0 Å². The standard InChI is InChI=1S/C21H24F2N4O4S/c1-13(26-32(30,31)17-7-5-15(6-8-17)24-14(2)28)21(29)25-16-11-18(22)20(19(23)12-16)27-9-3-4-10-27/h5-8,11-13,26H,3-4,9-10H2,1-2H3,(H,24,28)(H,25,29)/t13-/m0/s1. The van der Waals surface area contributed by atoms with E-state index >= 15 is 0 Å². The summed E-state index contributed by atoms with van der Waals surface area (Å²) in [6.45, 7) is 3.75. The second-order valence-electron chi connectivity index (χ2n) is 7.52. The number of benzene rings is 2. The minimum absolute atomic E-state index is 0.112. The maximum Gasteiger partial charge on any atom is 0.242 e. The van der Waals surface area contributed by atoms with Crippen LogP contribution in [0.1, 0.15) is 26.7 Å². The van der Waals surface area contributed by atoms with Crippen LogP contribution in [0.15, 0.2) is 41.3 Å². The van der Waals surface area contributed by atoms with E-state index in [1.807, 2.05) is 0 Å². The number of anilines is 3. The van der Waals surface area contributed by atoms with Crippen molar-refractivity contribution in [3.8, 4) is 0 Å². The minimum atomic E-state index is -4.05. The maximum absolute atomic E-state index is 14.4. The molecule has 1 aliphatic rings. The summed E-state index contributed by atoms with van der Waals surface area (Å²) in [7, 11) is -4.05. The summed E-state index contributed by atoms with van der Waals surface area (Å²) >= 11 is 0. The van der Waals surface area contributed by atoms with E-state index in [0.717, 1.165) is 25.0 Å². The molecular formula is C21H24F2N4O4S. The lowest BCUT2D eigenvalue weighted by Crippen LogP contribution is -2.41. The number of nitrogens with zero attached hydrogens (tertiary/aromatic N) is 1. The van der Waals surface area contributed by atoms with Crippen LogP contribution in [0.4, 0.5) is 25.8 Å². The van der Waals surface area contributed by atoms with E-state index < -0.39 is 33.6 Å². The number of carbonyl (C=O) groups excluding carboxylic acids is 2. The quantitative estimate of drug-likeness (QED) is 0.582. The van der Waals surface area contributed by atoms with Crippen molar-refractivity contribution in [2.45, 2.75) is 37.6 Å². The second kappa shape index (κ2) is 9.61. The third kappa shape index (κ3) is 5.60. The molecule has 172 valence electrons. The summed E-state index contributed by atoms with van der Waals surface area (Å²) in [5.74, 6) is -2.68. The summed E-state index contributed by atoms with van der Waals surface area (Å²) in [5, 5.41) is 4.85. The van der Waals surface area contributed by atoms with Crippen molar-refractivity contribution >= 4 is 38.9 Å². The summed E-state index contributed by atoms with van der Waals surface area (Å²) < 4.78 is 56.2. The predicted octanol–water partition coefficient (Wildman–Crippen LogP) is 2.83. The first-order valence-corrected chi connectivity index (χ1v) is 11.5. The first-order valence-electron chi connectivity index (χ1n) is 10.0. The van der Waals surface area contributed by atoms with E-state index in [-0.39, 0.29) is 22.2 Å². The first kappa shape index (κ1) is 23.6. The van der Waals surface area contributed by atoms with Gasteiger partial charge in [0.15, 0.2) is 11.6 Å². The maximum atomic E-state index is 14.4. The molecule has 2 aromatic carbocycles. The molecule has 1 atom stereocenters. The Hall–Kier alpha value is -3.05. The van der Waals surface area contributed by atoms with E-state index in [9.17, 15) is 26.8 Å². The summed E-state index contributed by atoms with van der Waals surface area (Å²) in [4.78, 5) is 25.0. The molecule has 0 radical (unpaired) electrons. The highest BCUT2D eigenvalue weighted by Crippen LogP contribution is 2.29. The molecular weight excluding hydrogens is 442 g/mol. The summed E-state index contributed by atoms with van der Waals surface area (Å²) in [5.41, 5.74) is 0.180. The van der Waals surface area contributed by atoms with Crippen LogP contribution in [-0.4, -0.2) is 39.4 Å². The number of nitrogens with one attached hydrogen (secondary N) is 3. The fourth-order valence-corrected chi connectivity index (χ4v) is 4.61. The van der Waals surface area contributed by atoms with Crippen molar-refractivity contribution in [1.82, 2.24) is 4.72 Å². The molecule has 32 heavy (non-hydrogen) atoms. The largest absolute Gasteiger partial charge is 0.367 e. The van der Waals surface area contributed by atoms with Crippen molar-refractivity contribution in [2.24, 2.45) is 0 Å². The summed E-state index contributed by atoms with van der Waals surface area (Å²) in [6.07, 6.45) is 1.70. The zero-order valence-corrected chi connectivity index (χ0v) is 18.4. The van der Waals surface area contributed by atoms with Gasteiger partial charge in [0.05, 0.1) is 10.9 Å². The Balaban J connectivity index is 1.67. The van der Waals surface area contributed by atoms with Gasteiger partial charge >= 0.3 is 0 Å². The second-order valence-corrected chi connectivity index (χ2v) is 9.23. The van der Waals surface area contributed by atoms with E-state index in [0.29, 0.717) is 18.8 Å². The lowest BCUT2D eigenvalue weighted by atomic mass is 10.2. The first-order chi connectivity index (χ1) is 15.1. The van der Waals surface area contributed by atoms with Gasteiger partial charge in [-0.05, 0) is 56.2 Å². The van der Waals surface area contributed by atoms with Gasteiger partial charge in [-0.25, -0.2) is 17.2 Å². The molecule has 0 spiro atoms. The molecule has 11 heteroatoms. The molecule has 0 unspecified atom stereocenters. The number of hydrogen-bond acceptors (Lipinski definition) is 5. The molecule has 2 amide bonds. The highest BCUT2D eigenvalue weighted by Gasteiger charge is 2.24. The molecule has 1 heterocycles. The predicted molar refractivity (Wildman–Crippen MR) is 117 cm³/mol. The molecule has 3 N–H and O–H groups in total. The van der Waals surface area contributed by atoms with Crippen LogP contribution in [-0.2, 0) is 19.6 Å². The third-order valence-corrected chi connectivity index (χ3v) is 6.47. The van der Waals surface area contributed by atoms with E-state index in [4.69, 9.17) is 0 Å². The third-order valence-electron chi connectivity index (χ3n) is 4.92. The highest BCUT2D eigenvalue weighted by atomic mass is 32.2. The van der Waals surface area contributed by atoms with Crippen molar-refractivity contribution in [3.05, 3.63) is 48.0 Å². The van der Waals surface area contributed by atoms with Crippen LogP contribution in [0.5, 0.6) is 0 Å². The van der Waals surface area contributed by atoms with Crippen LogP contribution in [0, 0.1) is 11.6 Å². The minimum Gasteiger partial charge on any atom is -0.367 e.